The van der Waals surface area contributed by atoms with Crippen molar-refractivity contribution in [3.63, 3.8) is 0 Å². The molecule has 1 atom stereocenters. The van der Waals surface area contributed by atoms with Crippen molar-refractivity contribution in [1.82, 2.24) is 5.32 Å². The molecule has 1 rings (SSSR count). The molecule has 0 saturated heterocycles. The molecule has 0 radical (unpaired) electrons. The maximum absolute atomic E-state index is 11.5. The van der Waals surface area contributed by atoms with Crippen LogP contribution in [0.4, 0.5) is 0 Å². The van der Waals surface area contributed by atoms with Gasteiger partial charge in [0.15, 0.2) is 0 Å². The van der Waals surface area contributed by atoms with E-state index in [2.05, 4.69) is 27.3 Å². The van der Waals surface area contributed by atoms with E-state index in [1.807, 2.05) is 12.3 Å². The Morgan fingerprint density at radius 1 is 1.69 bits per heavy atom. The molecule has 0 fully saturated rings. The largest absolute Gasteiger partial charge is 0.396 e. The molecular formula is C11H16BrNO2S. The van der Waals surface area contributed by atoms with Crippen LogP contribution >= 0.6 is 27.3 Å². The smallest absolute Gasteiger partial charge is 0.225 e. The summed E-state index contributed by atoms with van der Waals surface area (Å²) in [6.07, 6.45) is 1.51. The van der Waals surface area contributed by atoms with Crippen LogP contribution in [0.5, 0.6) is 0 Å². The molecule has 0 spiro atoms. The molecule has 5 heteroatoms. The van der Waals surface area contributed by atoms with Gasteiger partial charge in [-0.25, -0.2) is 0 Å². The van der Waals surface area contributed by atoms with Gasteiger partial charge < -0.3 is 10.4 Å². The van der Waals surface area contributed by atoms with E-state index in [1.165, 1.54) is 4.88 Å². The summed E-state index contributed by atoms with van der Waals surface area (Å²) in [7, 11) is 0. The summed E-state index contributed by atoms with van der Waals surface area (Å²) >= 11 is 5.06. The predicted molar refractivity (Wildman–Crippen MR) is 69.6 cm³/mol. The third-order valence-corrected chi connectivity index (χ3v) is 4.13. The summed E-state index contributed by atoms with van der Waals surface area (Å²) in [5, 5.41) is 13.8. The first-order valence-corrected chi connectivity index (χ1v) is 6.96. The van der Waals surface area contributed by atoms with Gasteiger partial charge in [-0.05, 0) is 34.8 Å². The molecule has 0 bridgehead atoms. The van der Waals surface area contributed by atoms with E-state index in [1.54, 1.807) is 11.3 Å². The van der Waals surface area contributed by atoms with Gasteiger partial charge in [0.1, 0.15) is 0 Å². The molecule has 2 N–H and O–H groups in total. The van der Waals surface area contributed by atoms with Crippen LogP contribution in [0.3, 0.4) is 0 Å². The summed E-state index contributed by atoms with van der Waals surface area (Å²) in [4.78, 5) is 12.8. The summed E-state index contributed by atoms with van der Waals surface area (Å²) < 4.78 is 1.08. The van der Waals surface area contributed by atoms with Crippen LogP contribution in [0.25, 0.3) is 0 Å². The van der Waals surface area contributed by atoms with Crippen LogP contribution in [-0.4, -0.2) is 24.2 Å². The average molecular weight is 306 g/mol. The Bertz CT molecular complexity index is 336. The maximum Gasteiger partial charge on any atom is 0.225 e. The second kappa shape index (κ2) is 7.04. The zero-order valence-corrected chi connectivity index (χ0v) is 11.6. The Labute approximate surface area is 108 Å². The highest BCUT2D eigenvalue weighted by atomic mass is 79.9. The van der Waals surface area contributed by atoms with E-state index in [0.717, 1.165) is 10.9 Å². The number of carbonyl (C=O) groups is 1. The van der Waals surface area contributed by atoms with Gasteiger partial charge in [0, 0.05) is 21.3 Å². The van der Waals surface area contributed by atoms with Gasteiger partial charge in [-0.3, -0.25) is 4.79 Å². The number of thiophene rings is 1. The van der Waals surface area contributed by atoms with Crippen molar-refractivity contribution in [2.45, 2.75) is 19.8 Å². The number of carbonyl (C=O) groups excluding carboxylic acids is 1. The van der Waals surface area contributed by atoms with Gasteiger partial charge in [0.2, 0.25) is 5.91 Å². The lowest BCUT2D eigenvalue weighted by atomic mass is 10.1. The Morgan fingerprint density at radius 3 is 2.94 bits per heavy atom. The molecule has 1 heterocycles. The first kappa shape index (κ1) is 13.7. The lowest BCUT2D eigenvalue weighted by Gasteiger charge is -2.11. The fraction of sp³-hybridized carbons (Fsp3) is 0.545. The third-order valence-electron chi connectivity index (χ3n) is 2.38. The van der Waals surface area contributed by atoms with Crippen LogP contribution in [0.15, 0.2) is 15.9 Å². The standard InChI is InChI=1S/C11H16BrNO2S/c1-2-8(6-14)11(15)13-4-3-10-5-9(12)7-16-10/h5,7-8,14H,2-4,6H2,1H3,(H,13,15). The first-order valence-electron chi connectivity index (χ1n) is 5.28. The van der Waals surface area contributed by atoms with Crippen LogP contribution in [0.1, 0.15) is 18.2 Å². The lowest BCUT2D eigenvalue weighted by Crippen LogP contribution is -2.33. The van der Waals surface area contributed by atoms with Crippen molar-refractivity contribution < 1.29 is 9.90 Å². The van der Waals surface area contributed by atoms with E-state index in [9.17, 15) is 4.79 Å². The molecule has 0 saturated carbocycles. The lowest BCUT2D eigenvalue weighted by molar-refractivity contribution is -0.126. The van der Waals surface area contributed by atoms with Crippen molar-refractivity contribution in [3.8, 4) is 0 Å². The highest BCUT2D eigenvalue weighted by Crippen LogP contribution is 2.19. The van der Waals surface area contributed by atoms with Gasteiger partial charge in [0.25, 0.3) is 0 Å². The normalized spacial score (nSPS) is 12.4. The Hall–Kier alpha value is -0.390. The molecule has 0 aromatic carbocycles. The van der Waals surface area contributed by atoms with Crippen molar-refractivity contribution in [1.29, 1.82) is 0 Å². The fourth-order valence-corrected chi connectivity index (χ4v) is 2.79. The van der Waals surface area contributed by atoms with Crippen LogP contribution in [-0.2, 0) is 11.2 Å². The summed E-state index contributed by atoms with van der Waals surface area (Å²) in [5.41, 5.74) is 0. The number of aliphatic hydroxyl groups excluding tert-OH is 1. The summed E-state index contributed by atoms with van der Waals surface area (Å²) in [6.45, 7) is 2.45. The monoisotopic (exact) mass is 305 g/mol. The molecule has 16 heavy (non-hydrogen) atoms. The minimum absolute atomic E-state index is 0.0550. The number of aliphatic hydroxyl groups is 1. The molecule has 1 aromatic rings. The number of amides is 1. The van der Waals surface area contributed by atoms with Crippen molar-refractivity contribution in [3.05, 3.63) is 20.8 Å². The van der Waals surface area contributed by atoms with Gasteiger partial charge in [-0.1, -0.05) is 6.92 Å². The van der Waals surface area contributed by atoms with Crippen LogP contribution in [0, 0.1) is 5.92 Å². The Kier molecular flexibility index (Phi) is 6.01. The predicted octanol–water partition coefficient (Wildman–Crippen LogP) is 2.19. The second-order valence-electron chi connectivity index (χ2n) is 3.56. The SMILES string of the molecule is CCC(CO)C(=O)NCCc1cc(Br)cs1. The van der Waals surface area contributed by atoms with Gasteiger partial charge in [-0.2, -0.15) is 0 Å². The van der Waals surface area contributed by atoms with E-state index in [0.29, 0.717) is 13.0 Å². The van der Waals surface area contributed by atoms with E-state index in [-0.39, 0.29) is 18.4 Å². The molecule has 1 aromatic heterocycles. The van der Waals surface area contributed by atoms with Gasteiger partial charge in [0.05, 0.1) is 12.5 Å². The minimum Gasteiger partial charge on any atom is -0.396 e. The van der Waals surface area contributed by atoms with Gasteiger partial charge in [-0.15, -0.1) is 11.3 Å². The molecule has 1 amide bonds. The fourth-order valence-electron chi connectivity index (χ4n) is 1.34. The topological polar surface area (TPSA) is 49.3 Å². The highest BCUT2D eigenvalue weighted by molar-refractivity contribution is 9.10. The zero-order valence-electron chi connectivity index (χ0n) is 9.20. The third kappa shape index (κ3) is 4.23. The number of rotatable bonds is 6. The first-order chi connectivity index (χ1) is 7.67. The molecular weight excluding hydrogens is 290 g/mol. The van der Waals surface area contributed by atoms with Crippen LogP contribution < -0.4 is 5.32 Å². The second-order valence-corrected chi connectivity index (χ2v) is 5.47. The quantitative estimate of drug-likeness (QED) is 0.846. The van der Waals surface area contributed by atoms with Gasteiger partial charge >= 0.3 is 0 Å². The average Bonchev–Trinajstić information content (AvgIpc) is 2.66. The van der Waals surface area contributed by atoms with E-state index >= 15 is 0 Å². The van der Waals surface area contributed by atoms with Crippen LogP contribution in [0.2, 0.25) is 0 Å². The van der Waals surface area contributed by atoms with Crippen molar-refractivity contribution in [2.75, 3.05) is 13.2 Å². The molecule has 0 aliphatic heterocycles. The van der Waals surface area contributed by atoms with Crippen molar-refractivity contribution in [2.24, 2.45) is 5.92 Å². The van der Waals surface area contributed by atoms with Crippen molar-refractivity contribution >= 4 is 33.2 Å². The molecule has 90 valence electrons. The molecule has 1 unspecified atom stereocenters. The van der Waals surface area contributed by atoms with E-state index < -0.39 is 0 Å². The number of hydrogen-bond donors (Lipinski definition) is 2. The highest BCUT2D eigenvalue weighted by Gasteiger charge is 2.14. The molecule has 0 aliphatic rings. The molecule has 0 aliphatic carbocycles. The number of hydrogen-bond acceptors (Lipinski definition) is 3. The van der Waals surface area contributed by atoms with E-state index in [4.69, 9.17) is 5.11 Å². The minimum atomic E-state index is -0.268. The summed E-state index contributed by atoms with van der Waals surface area (Å²) in [6, 6.07) is 2.06. The zero-order chi connectivity index (χ0) is 12.0. The molecule has 3 nitrogen and oxygen atoms in total. The number of nitrogens with one attached hydrogen (secondary N) is 1. The Morgan fingerprint density at radius 2 is 2.44 bits per heavy atom. The number of halogens is 1. The maximum atomic E-state index is 11.5. The summed E-state index contributed by atoms with van der Waals surface area (Å²) in [5.74, 6) is -0.323. The Balaban J connectivity index is 2.27.